The van der Waals surface area contributed by atoms with Gasteiger partial charge in [0.2, 0.25) is 0 Å². The number of nitrogens with one attached hydrogen (secondary N) is 2. The van der Waals surface area contributed by atoms with Gasteiger partial charge in [-0.2, -0.15) is 0 Å². The first-order chi connectivity index (χ1) is 21.3. The number of pyridine rings is 3. The third-order valence-electron chi connectivity index (χ3n) is 7.30. The Hall–Kier alpha value is -5.43. The van der Waals surface area contributed by atoms with Crippen molar-refractivity contribution in [1.82, 2.24) is 29.4 Å². The van der Waals surface area contributed by atoms with Crippen LogP contribution in [0, 0.1) is 0 Å². The summed E-state index contributed by atoms with van der Waals surface area (Å²) < 4.78 is 19.8. The Morgan fingerprint density at radius 1 is 1.07 bits per heavy atom. The zero-order chi connectivity index (χ0) is 30.8. The van der Waals surface area contributed by atoms with Crippen molar-refractivity contribution in [3.8, 4) is 17.2 Å². The van der Waals surface area contributed by atoms with E-state index in [2.05, 4.69) is 20.6 Å². The summed E-state index contributed by atoms with van der Waals surface area (Å²) in [6.45, 7) is 2.78. The summed E-state index contributed by atoms with van der Waals surface area (Å²) in [4.78, 5) is 42.4. The second-order valence-electron chi connectivity index (χ2n) is 10.5. The van der Waals surface area contributed by atoms with Crippen molar-refractivity contribution in [3.63, 3.8) is 0 Å². The van der Waals surface area contributed by atoms with Crippen molar-refractivity contribution in [2.45, 2.75) is 26.1 Å². The number of aromatic nitrogens is 5. The highest BCUT2D eigenvalue weighted by Crippen LogP contribution is 2.32. The number of carbonyl (C=O) groups is 1. The molecule has 44 heavy (non-hydrogen) atoms. The number of imidazole rings is 1. The molecule has 4 bridgehead atoms. The first-order valence-corrected chi connectivity index (χ1v) is 14.0. The molecule has 13 nitrogen and oxygen atoms in total. The van der Waals surface area contributed by atoms with E-state index in [0.29, 0.717) is 52.1 Å². The van der Waals surface area contributed by atoms with Gasteiger partial charge in [-0.25, -0.2) is 19.3 Å². The van der Waals surface area contributed by atoms with Crippen LogP contribution in [-0.2, 0) is 17.9 Å². The number of nitrogens with zero attached hydrogens (tertiary/aromatic N) is 6. The molecule has 13 heteroatoms. The van der Waals surface area contributed by atoms with Crippen molar-refractivity contribution in [2.24, 2.45) is 0 Å². The van der Waals surface area contributed by atoms with Crippen molar-refractivity contribution < 1.29 is 19.0 Å². The summed E-state index contributed by atoms with van der Waals surface area (Å²) >= 11 is 0. The first-order valence-electron chi connectivity index (χ1n) is 14.0. The van der Waals surface area contributed by atoms with Crippen LogP contribution in [0.25, 0.3) is 16.9 Å². The average Bonchev–Trinajstić information content (AvgIpc) is 3.46. The molecule has 5 aromatic rings. The van der Waals surface area contributed by atoms with E-state index < -0.39 is 6.03 Å². The van der Waals surface area contributed by atoms with Crippen LogP contribution >= 0.6 is 0 Å². The Kier molecular flexibility index (Phi) is 7.85. The van der Waals surface area contributed by atoms with Crippen molar-refractivity contribution in [3.05, 3.63) is 88.9 Å². The maximum absolute atomic E-state index is 13.7. The van der Waals surface area contributed by atoms with E-state index >= 15 is 0 Å². The van der Waals surface area contributed by atoms with Gasteiger partial charge >= 0.3 is 6.03 Å². The number of benzene rings is 1. The Labute approximate surface area is 253 Å². The molecule has 226 valence electrons. The molecule has 1 atom stereocenters. The fourth-order valence-corrected chi connectivity index (χ4v) is 5.12. The lowest BCUT2D eigenvalue weighted by Crippen LogP contribution is -2.38. The minimum atomic E-state index is -0.394. The number of anilines is 3. The first kappa shape index (κ1) is 28.7. The minimum Gasteiger partial charge on any atom is -0.497 e. The zero-order valence-electron chi connectivity index (χ0n) is 24.8. The van der Waals surface area contributed by atoms with Gasteiger partial charge in [0.25, 0.3) is 5.56 Å². The van der Waals surface area contributed by atoms with Gasteiger partial charge in [0.05, 0.1) is 44.8 Å². The van der Waals surface area contributed by atoms with E-state index in [-0.39, 0.29) is 24.8 Å². The summed E-state index contributed by atoms with van der Waals surface area (Å²) in [6, 6.07) is 12.0. The largest absolute Gasteiger partial charge is 0.497 e. The van der Waals surface area contributed by atoms with E-state index in [1.165, 1.54) is 10.9 Å². The Morgan fingerprint density at radius 2 is 1.89 bits per heavy atom. The second kappa shape index (κ2) is 12.1. The normalized spacial score (nSPS) is 14.9. The van der Waals surface area contributed by atoms with Crippen molar-refractivity contribution >= 4 is 34.4 Å². The lowest BCUT2D eigenvalue weighted by Gasteiger charge is -2.22. The maximum Gasteiger partial charge on any atom is 0.328 e. The Balaban J connectivity index is 1.48. The molecular formula is C31H32N8O5. The highest BCUT2D eigenvalue weighted by Gasteiger charge is 2.21. The molecule has 0 aliphatic carbocycles. The molecule has 0 saturated heterocycles. The second-order valence-corrected chi connectivity index (χ2v) is 10.5. The zero-order valence-corrected chi connectivity index (χ0v) is 24.8. The van der Waals surface area contributed by atoms with Gasteiger partial charge in [-0.3, -0.25) is 14.3 Å². The Bertz CT molecular complexity index is 1890. The summed E-state index contributed by atoms with van der Waals surface area (Å²) in [5.74, 6) is 1.71. The smallest absolute Gasteiger partial charge is 0.328 e. The lowest BCUT2D eigenvalue weighted by atomic mass is 10.1. The molecule has 0 unspecified atom stereocenters. The molecule has 0 spiro atoms. The van der Waals surface area contributed by atoms with E-state index in [0.717, 1.165) is 11.1 Å². The number of rotatable bonds is 6. The molecule has 4 aromatic heterocycles. The van der Waals surface area contributed by atoms with Gasteiger partial charge in [-0.1, -0.05) is 0 Å². The predicted octanol–water partition coefficient (Wildman–Crippen LogP) is 3.85. The van der Waals surface area contributed by atoms with Crippen LogP contribution in [0.2, 0.25) is 0 Å². The van der Waals surface area contributed by atoms with Crippen LogP contribution in [-0.4, -0.2) is 64.0 Å². The van der Waals surface area contributed by atoms with Crippen LogP contribution < -0.4 is 30.6 Å². The lowest BCUT2D eigenvalue weighted by molar-refractivity contribution is 0.104. The van der Waals surface area contributed by atoms with Gasteiger partial charge in [-0.15, -0.1) is 0 Å². The number of carbonyl (C=O) groups excluding carboxylic acids is 1. The molecule has 1 aliphatic rings. The number of methoxy groups -OCH3 is 2. The molecule has 1 aliphatic heterocycles. The Morgan fingerprint density at radius 3 is 2.66 bits per heavy atom. The van der Waals surface area contributed by atoms with Crippen LogP contribution in [0.1, 0.15) is 18.1 Å². The van der Waals surface area contributed by atoms with E-state index in [1.807, 2.05) is 43.1 Å². The number of hydrogen-bond acceptors (Lipinski definition) is 10. The summed E-state index contributed by atoms with van der Waals surface area (Å²) in [7, 11) is 5.13. The third-order valence-corrected chi connectivity index (χ3v) is 7.30. The topological polar surface area (TPSA) is 138 Å². The van der Waals surface area contributed by atoms with Gasteiger partial charge in [0.15, 0.2) is 5.65 Å². The van der Waals surface area contributed by atoms with Crippen LogP contribution in [0.15, 0.2) is 72.2 Å². The average molecular weight is 597 g/mol. The van der Waals surface area contributed by atoms with Gasteiger partial charge in [-0.05, 0) is 42.8 Å². The molecule has 6 rings (SSSR count). The molecular weight excluding hydrogens is 564 g/mol. The fourth-order valence-electron chi connectivity index (χ4n) is 5.12. The molecule has 1 aromatic carbocycles. The van der Waals surface area contributed by atoms with Gasteiger partial charge < -0.3 is 29.7 Å². The third kappa shape index (κ3) is 5.64. The van der Waals surface area contributed by atoms with Crippen LogP contribution in [0.3, 0.4) is 0 Å². The number of hydrogen-bond donors (Lipinski definition) is 2. The van der Waals surface area contributed by atoms with E-state index in [1.54, 1.807) is 55.6 Å². The van der Waals surface area contributed by atoms with Gasteiger partial charge in [0.1, 0.15) is 34.8 Å². The quantitative estimate of drug-likeness (QED) is 0.297. The maximum atomic E-state index is 13.7. The van der Waals surface area contributed by atoms with Crippen molar-refractivity contribution in [1.29, 1.82) is 0 Å². The monoisotopic (exact) mass is 596 g/mol. The van der Waals surface area contributed by atoms with E-state index in [4.69, 9.17) is 19.2 Å². The number of ether oxygens (including phenoxy) is 3. The van der Waals surface area contributed by atoms with Crippen molar-refractivity contribution in [2.75, 3.05) is 38.1 Å². The number of fused-ring (bicyclic) bond motifs is 3. The fraction of sp³-hybridized carbons (Fsp3) is 0.258. The van der Waals surface area contributed by atoms with Crippen LogP contribution in [0.5, 0.6) is 11.5 Å². The predicted molar refractivity (Wildman–Crippen MR) is 165 cm³/mol. The highest BCUT2D eigenvalue weighted by molar-refractivity contribution is 5.95. The summed E-state index contributed by atoms with van der Waals surface area (Å²) in [6.07, 6.45) is 6.44. The highest BCUT2D eigenvalue weighted by atomic mass is 16.5. The summed E-state index contributed by atoms with van der Waals surface area (Å²) in [5, 5.41) is 6.17. The molecule has 5 heterocycles. The van der Waals surface area contributed by atoms with Crippen LogP contribution in [0.4, 0.5) is 22.0 Å². The van der Waals surface area contributed by atoms with E-state index in [9.17, 15) is 9.59 Å². The molecule has 0 radical (unpaired) electrons. The number of amides is 1. The SMILES string of the molecule is COc1ccc(CN(C)c2cc3nc4c2ncn4C(=O)N[C@H](C)COCc2cc(c(=O)n(-c4ccncc4)c2)N3)c(OC)c1. The molecule has 0 saturated carbocycles. The molecule has 0 fully saturated rings. The molecule has 2 N–H and O–H groups in total. The minimum absolute atomic E-state index is 0.223. The molecule has 1 amide bonds. The summed E-state index contributed by atoms with van der Waals surface area (Å²) in [5.41, 5.74) is 3.87. The standard InChI is InChI=1S/C31H32N8O5/c1-19-16-44-17-20-11-24(30(40)38(14-20)22-7-9-32-10-8-22)35-27-13-25(28-29(36-27)39(18-33-28)31(41)34-19)37(2)15-21-5-6-23(42-3)12-26(21)43-4/h5-14,18-19H,15-17H2,1-4H3,(H,34,41)(H,35,36)/t19-/m1/s1. The van der Waals surface area contributed by atoms with Gasteiger partial charge in [0, 0.05) is 49.9 Å².